The van der Waals surface area contributed by atoms with Gasteiger partial charge >= 0.3 is 5.97 Å². The number of nitrogens with zero attached hydrogens (tertiary/aromatic N) is 2. The van der Waals surface area contributed by atoms with E-state index < -0.39 is 33.4 Å². The SMILES string of the molecule is CC1CN(S(=O)(=O)c2ccc(C(=O)OCC(=O)Nc3ccc([N+](=O)[O-])cc3)cc2)CC(C)O1. The van der Waals surface area contributed by atoms with E-state index in [1.54, 1.807) is 13.8 Å². The number of anilines is 1. The first-order valence-electron chi connectivity index (χ1n) is 10.0. The molecule has 33 heavy (non-hydrogen) atoms. The van der Waals surface area contributed by atoms with Gasteiger partial charge in [0.2, 0.25) is 10.0 Å². The summed E-state index contributed by atoms with van der Waals surface area (Å²) in [6.45, 7) is 3.49. The highest BCUT2D eigenvalue weighted by Gasteiger charge is 2.32. The predicted molar refractivity (Wildman–Crippen MR) is 117 cm³/mol. The van der Waals surface area contributed by atoms with Crippen molar-refractivity contribution in [2.75, 3.05) is 25.0 Å². The number of carbonyl (C=O) groups is 2. The number of hydrogen-bond donors (Lipinski definition) is 1. The molecule has 2 atom stereocenters. The molecule has 0 aromatic heterocycles. The van der Waals surface area contributed by atoms with Crippen LogP contribution in [0.3, 0.4) is 0 Å². The highest BCUT2D eigenvalue weighted by atomic mass is 32.2. The molecule has 1 heterocycles. The summed E-state index contributed by atoms with van der Waals surface area (Å²) in [7, 11) is -3.74. The fraction of sp³-hybridized carbons (Fsp3) is 0.333. The van der Waals surface area contributed by atoms with E-state index in [-0.39, 0.29) is 41.4 Å². The molecular formula is C21H23N3O8S. The Labute approximate surface area is 190 Å². The summed E-state index contributed by atoms with van der Waals surface area (Å²) >= 11 is 0. The number of nitro benzene ring substituents is 1. The van der Waals surface area contributed by atoms with Gasteiger partial charge in [-0.15, -0.1) is 0 Å². The quantitative estimate of drug-likeness (QED) is 0.363. The minimum Gasteiger partial charge on any atom is -0.452 e. The minimum absolute atomic E-state index is 0.0382. The number of amides is 1. The third-order valence-electron chi connectivity index (χ3n) is 4.81. The van der Waals surface area contributed by atoms with E-state index >= 15 is 0 Å². The summed E-state index contributed by atoms with van der Waals surface area (Å²) in [5, 5.41) is 13.1. The zero-order chi connectivity index (χ0) is 24.2. The maximum atomic E-state index is 12.9. The van der Waals surface area contributed by atoms with E-state index in [1.807, 2.05) is 0 Å². The first-order chi connectivity index (χ1) is 15.6. The van der Waals surface area contributed by atoms with Crippen LogP contribution in [0.1, 0.15) is 24.2 Å². The lowest BCUT2D eigenvalue weighted by Gasteiger charge is -2.34. The Morgan fingerprint density at radius 2 is 1.67 bits per heavy atom. The number of hydrogen-bond acceptors (Lipinski definition) is 8. The average molecular weight is 477 g/mol. The molecule has 2 aromatic carbocycles. The Bertz CT molecular complexity index is 1120. The van der Waals surface area contributed by atoms with Crippen LogP contribution < -0.4 is 5.32 Å². The van der Waals surface area contributed by atoms with Gasteiger partial charge < -0.3 is 14.8 Å². The maximum absolute atomic E-state index is 12.9. The molecule has 1 amide bonds. The van der Waals surface area contributed by atoms with Crippen molar-refractivity contribution in [2.24, 2.45) is 0 Å². The monoisotopic (exact) mass is 477 g/mol. The zero-order valence-electron chi connectivity index (χ0n) is 18.0. The van der Waals surface area contributed by atoms with Crippen LogP contribution in [-0.2, 0) is 24.3 Å². The second kappa shape index (κ2) is 10.1. The molecule has 1 saturated heterocycles. The molecule has 176 valence electrons. The van der Waals surface area contributed by atoms with E-state index in [2.05, 4.69) is 5.32 Å². The number of nitrogens with one attached hydrogen (secondary N) is 1. The fourth-order valence-corrected chi connectivity index (χ4v) is 4.91. The Kier molecular flexibility index (Phi) is 7.41. The van der Waals surface area contributed by atoms with Crippen molar-refractivity contribution in [3.05, 3.63) is 64.2 Å². The molecule has 0 saturated carbocycles. The number of morpholine rings is 1. The predicted octanol–water partition coefficient (Wildman–Crippen LogP) is 2.19. The van der Waals surface area contributed by atoms with E-state index in [0.717, 1.165) is 0 Å². The number of carbonyl (C=O) groups excluding carboxylic acids is 2. The van der Waals surface area contributed by atoms with Gasteiger partial charge in [0.1, 0.15) is 0 Å². The van der Waals surface area contributed by atoms with Gasteiger partial charge in [0, 0.05) is 30.9 Å². The van der Waals surface area contributed by atoms with Gasteiger partial charge in [-0.05, 0) is 50.2 Å². The molecule has 11 nitrogen and oxygen atoms in total. The third kappa shape index (κ3) is 6.12. The van der Waals surface area contributed by atoms with Gasteiger partial charge in [-0.3, -0.25) is 14.9 Å². The zero-order valence-corrected chi connectivity index (χ0v) is 18.8. The van der Waals surface area contributed by atoms with Crippen LogP contribution in [0.2, 0.25) is 0 Å². The van der Waals surface area contributed by atoms with Gasteiger partial charge in [-0.25, -0.2) is 13.2 Å². The molecule has 12 heteroatoms. The van der Waals surface area contributed by atoms with Gasteiger partial charge in [0.15, 0.2) is 6.61 Å². The first-order valence-corrected chi connectivity index (χ1v) is 11.5. The lowest BCUT2D eigenvalue weighted by atomic mass is 10.2. The number of ether oxygens (including phenoxy) is 2. The molecule has 1 fully saturated rings. The van der Waals surface area contributed by atoms with Crippen LogP contribution in [0, 0.1) is 10.1 Å². The third-order valence-corrected chi connectivity index (χ3v) is 6.66. The van der Waals surface area contributed by atoms with Crippen molar-refractivity contribution in [1.29, 1.82) is 0 Å². The average Bonchev–Trinajstić information content (AvgIpc) is 2.77. The van der Waals surface area contributed by atoms with Crippen molar-refractivity contribution in [2.45, 2.75) is 31.0 Å². The summed E-state index contributed by atoms with van der Waals surface area (Å²) in [6, 6.07) is 10.4. The van der Waals surface area contributed by atoms with Crippen LogP contribution in [0.15, 0.2) is 53.4 Å². The molecule has 1 aliphatic rings. The first kappa shape index (κ1) is 24.3. The highest BCUT2D eigenvalue weighted by Crippen LogP contribution is 2.22. The highest BCUT2D eigenvalue weighted by molar-refractivity contribution is 7.89. The molecular weight excluding hydrogens is 454 g/mol. The molecule has 3 rings (SSSR count). The van der Waals surface area contributed by atoms with Crippen molar-refractivity contribution >= 4 is 33.3 Å². The van der Waals surface area contributed by atoms with Crippen molar-refractivity contribution < 1.29 is 32.4 Å². The summed E-state index contributed by atoms with van der Waals surface area (Å²) in [5.74, 6) is -1.43. The lowest BCUT2D eigenvalue weighted by molar-refractivity contribution is -0.384. The Hall–Kier alpha value is -3.35. The number of nitro groups is 1. The number of rotatable bonds is 7. The largest absolute Gasteiger partial charge is 0.452 e. The number of benzene rings is 2. The number of esters is 1. The van der Waals surface area contributed by atoms with E-state index in [1.165, 1.54) is 52.8 Å². The topological polar surface area (TPSA) is 145 Å². The van der Waals surface area contributed by atoms with Gasteiger partial charge in [0.25, 0.3) is 11.6 Å². The van der Waals surface area contributed by atoms with Crippen molar-refractivity contribution in [3.63, 3.8) is 0 Å². The van der Waals surface area contributed by atoms with Gasteiger partial charge in [-0.2, -0.15) is 4.31 Å². The Morgan fingerprint density at radius 1 is 1.09 bits per heavy atom. The van der Waals surface area contributed by atoms with Gasteiger partial charge in [-0.1, -0.05) is 0 Å². The summed E-state index contributed by atoms with van der Waals surface area (Å²) in [4.78, 5) is 34.3. The van der Waals surface area contributed by atoms with E-state index in [0.29, 0.717) is 5.69 Å². The molecule has 1 N–H and O–H groups in total. The lowest BCUT2D eigenvalue weighted by Crippen LogP contribution is -2.48. The molecule has 0 aliphatic carbocycles. The minimum atomic E-state index is -3.74. The molecule has 0 spiro atoms. The molecule has 1 aliphatic heterocycles. The van der Waals surface area contributed by atoms with Crippen LogP contribution in [-0.4, -0.2) is 61.4 Å². The number of sulfonamides is 1. The molecule has 2 aromatic rings. The van der Waals surface area contributed by atoms with Crippen LogP contribution >= 0.6 is 0 Å². The van der Waals surface area contributed by atoms with E-state index in [4.69, 9.17) is 9.47 Å². The molecule has 2 unspecified atom stereocenters. The van der Waals surface area contributed by atoms with Crippen LogP contribution in [0.25, 0.3) is 0 Å². The fourth-order valence-electron chi connectivity index (χ4n) is 3.32. The van der Waals surface area contributed by atoms with E-state index in [9.17, 15) is 28.1 Å². The molecule has 0 radical (unpaired) electrons. The smallest absolute Gasteiger partial charge is 0.338 e. The normalized spacial score (nSPS) is 19.0. The summed E-state index contributed by atoms with van der Waals surface area (Å²) in [6.07, 6.45) is -0.454. The van der Waals surface area contributed by atoms with Crippen molar-refractivity contribution in [3.8, 4) is 0 Å². The second-order valence-corrected chi connectivity index (χ2v) is 9.47. The van der Waals surface area contributed by atoms with Crippen molar-refractivity contribution in [1.82, 2.24) is 4.31 Å². The van der Waals surface area contributed by atoms with Gasteiger partial charge in [0.05, 0.1) is 27.6 Å². The number of non-ortho nitro benzene ring substituents is 1. The van der Waals surface area contributed by atoms with Crippen LogP contribution in [0.4, 0.5) is 11.4 Å². The Balaban J connectivity index is 1.56. The van der Waals surface area contributed by atoms with Crippen LogP contribution in [0.5, 0.6) is 0 Å². The summed E-state index contributed by atoms with van der Waals surface area (Å²) < 4.78 is 37.6. The molecule has 0 bridgehead atoms. The Morgan fingerprint density at radius 3 is 2.21 bits per heavy atom. The second-order valence-electron chi connectivity index (χ2n) is 7.53. The standard InChI is InChI=1S/C21H23N3O8S/c1-14-11-23(12-15(2)32-14)33(29,30)19-9-3-16(4-10-19)21(26)31-13-20(25)22-17-5-7-18(8-6-17)24(27)28/h3-10,14-15H,11-13H2,1-2H3,(H,22,25). The summed E-state index contributed by atoms with van der Waals surface area (Å²) in [5.41, 5.74) is 0.270. The maximum Gasteiger partial charge on any atom is 0.338 e.